The number of alkyl halides is 2. The molecule has 0 saturated heterocycles. The molecular formula is C12H12ClF2NO. The molecule has 92 valence electrons. The molecule has 0 saturated carbocycles. The maximum Gasteiger partial charge on any atom is 0.379 e. The van der Waals surface area contributed by atoms with Gasteiger partial charge in [-0.1, -0.05) is 37.6 Å². The molecule has 0 aliphatic heterocycles. The van der Waals surface area contributed by atoms with Crippen molar-refractivity contribution in [3.63, 3.8) is 0 Å². The molecule has 0 amide bonds. The van der Waals surface area contributed by atoms with E-state index < -0.39 is 11.6 Å². The van der Waals surface area contributed by atoms with Crippen LogP contribution in [0.25, 0.3) is 0 Å². The summed E-state index contributed by atoms with van der Waals surface area (Å²) in [7, 11) is 0. The molecule has 1 aromatic carbocycles. The highest BCUT2D eigenvalue weighted by atomic mass is 35.5. The van der Waals surface area contributed by atoms with Crippen molar-refractivity contribution in [2.24, 2.45) is 10.9 Å². The van der Waals surface area contributed by atoms with Crippen molar-refractivity contribution in [3.05, 3.63) is 34.3 Å². The van der Waals surface area contributed by atoms with Gasteiger partial charge in [0.2, 0.25) is 6.08 Å². The minimum absolute atomic E-state index is 0.261. The van der Waals surface area contributed by atoms with E-state index in [9.17, 15) is 13.6 Å². The summed E-state index contributed by atoms with van der Waals surface area (Å²) >= 11 is 5.91. The molecule has 2 nitrogen and oxygen atoms in total. The number of rotatable bonds is 4. The average molecular weight is 260 g/mol. The molecule has 5 heteroatoms. The van der Waals surface area contributed by atoms with Crippen LogP contribution >= 0.6 is 11.6 Å². The fraction of sp³-hybridized carbons (Fsp3) is 0.417. The van der Waals surface area contributed by atoms with Crippen molar-refractivity contribution in [2.75, 3.05) is 0 Å². The van der Waals surface area contributed by atoms with E-state index >= 15 is 0 Å². The fourth-order valence-electron chi connectivity index (χ4n) is 1.46. The van der Waals surface area contributed by atoms with Crippen LogP contribution in [0.2, 0.25) is 5.02 Å². The van der Waals surface area contributed by atoms with E-state index in [2.05, 4.69) is 4.99 Å². The van der Waals surface area contributed by atoms with E-state index in [1.54, 1.807) is 0 Å². The SMILES string of the molecule is CC(C)Cc1ccc(C(F)(F)N=C=O)cc1Cl. The zero-order valence-corrected chi connectivity index (χ0v) is 10.3. The third-order valence-electron chi connectivity index (χ3n) is 2.21. The Morgan fingerprint density at radius 1 is 1.47 bits per heavy atom. The summed E-state index contributed by atoms with van der Waals surface area (Å²) in [6.45, 7) is 4.02. The smallest absolute Gasteiger partial charge is 0.211 e. The van der Waals surface area contributed by atoms with Crippen molar-refractivity contribution in [2.45, 2.75) is 26.3 Å². The summed E-state index contributed by atoms with van der Waals surface area (Å²) in [5, 5.41) is 0.261. The Morgan fingerprint density at radius 2 is 2.12 bits per heavy atom. The Balaban J connectivity index is 3.08. The van der Waals surface area contributed by atoms with Crippen LogP contribution in [0.3, 0.4) is 0 Å². The number of carbonyl (C=O) groups excluding carboxylic acids is 1. The maximum atomic E-state index is 13.2. The second-order valence-corrected chi connectivity index (χ2v) is 4.56. The Hall–Kier alpha value is -1.25. The number of hydrogen-bond acceptors (Lipinski definition) is 2. The van der Waals surface area contributed by atoms with Crippen molar-refractivity contribution in [1.29, 1.82) is 0 Å². The highest BCUT2D eigenvalue weighted by Gasteiger charge is 2.31. The van der Waals surface area contributed by atoms with E-state index in [0.717, 1.165) is 17.7 Å². The topological polar surface area (TPSA) is 29.4 Å². The first-order chi connectivity index (χ1) is 7.86. The molecule has 17 heavy (non-hydrogen) atoms. The Labute approximate surface area is 103 Å². The molecule has 0 unspecified atom stereocenters. The number of hydrogen-bond donors (Lipinski definition) is 0. The number of isocyanates is 1. The van der Waals surface area contributed by atoms with Crippen LogP contribution in [0, 0.1) is 5.92 Å². The number of aliphatic imine (C=N–C) groups is 1. The predicted octanol–water partition coefficient (Wildman–Crippen LogP) is 3.92. The van der Waals surface area contributed by atoms with E-state index in [1.165, 1.54) is 12.1 Å². The van der Waals surface area contributed by atoms with Gasteiger partial charge in [0.1, 0.15) is 0 Å². The molecule has 1 rings (SSSR count). The van der Waals surface area contributed by atoms with Gasteiger partial charge in [-0.25, -0.2) is 4.79 Å². The normalized spacial score (nSPS) is 11.4. The lowest BCUT2D eigenvalue weighted by molar-refractivity contribution is 0.00616. The van der Waals surface area contributed by atoms with Gasteiger partial charge in [0.25, 0.3) is 0 Å². The minimum atomic E-state index is -3.57. The summed E-state index contributed by atoms with van der Waals surface area (Å²) in [4.78, 5) is 12.3. The molecule has 0 aromatic heterocycles. The second-order valence-electron chi connectivity index (χ2n) is 4.15. The van der Waals surface area contributed by atoms with Gasteiger partial charge in [0.15, 0.2) is 0 Å². The first kappa shape index (κ1) is 13.8. The second kappa shape index (κ2) is 5.39. The van der Waals surface area contributed by atoms with Crippen LogP contribution in [-0.2, 0) is 17.3 Å². The van der Waals surface area contributed by atoms with Gasteiger partial charge in [-0.3, -0.25) is 0 Å². The zero-order valence-electron chi connectivity index (χ0n) is 9.51. The summed E-state index contributed by atoms with van der Waals surface area (Å²) < 4.78 is 26.5. The molecule has 0 N–H and O–H groups in total. The highest BCUT2D eigenvalue weighted by Crippen LogP contribution is 2.32. The first-order valence-electron chi connectivity index (χ1n) is 5.12. The fourth-order valence-corrected chi connectivity index (χ4v) is 1.72. The van der Waals surface area contributed by atoms with Crippen molar-refractivity contribution < 1.29 is 13.6 Å². The lowest BCUT2D eigenvalue weighted by Crippen LogP contribution is -2.09. The highest BCUT2D eigenvalue weighted by molar-refractivity contribution is 6.31. The molecule has 0 heterocycles. The van der Waals surface area contributed by atoms with Crippen LogP contribution in [-0.4, -0.2) is 6.08 Å². The van der Waals surface area contributed by atoms with Gasteiger partial charge >= 0.3 is 6.05 Å². The van der Waals surface area contributed by atoms with Crippen LogP contribution < -0.4 is 0 Å². The molecule has 0 spiro atoms. The van der Waals surface area contributed by atoms with Crippen molar-refractivity contribution in [3.8, 4) is 0 Å². The minimum Gasteiger partial charge on any atom is -0.211 e. The molecule has 0 aliphatic rings. The largest absolute Gasteiger partial charge is 0.379 e. The summed E-state index contributed by atoms with van der Waals surface area (Å²) in [5.74, 6) is 0.381. The van der Waals surface area contributed by atoms with Crippen LogP contribution in [0.5, 0.6) is 0 Å². The summed E-state index contributed by atoms with van der Waals surface area (Å²) in [5.41, 5.74) is 0.398. The lowest BCUT2D eigenvalue weighted by Gasteiger charge is -2.12. The van der Waals surface area contributed by atoms with Gasteiger partial charge in [0, 0.05) is 10.6 Å². The van der Waals surface area contributed by atoms with Gasteiger partial charge < -0.3 is 0 Å². The molecule has 0 fully saturated rings. The standard InChI is InChI=1S/C12H12ClF2NO/c1-8(2)5-9-3-4-10(6-11(9)13)12(14,15)16-7-17/h3-4,6,8H,5H2,1-2H3. The number of nitrogens with zero attached hydrogens (tertiary/aromatic N) is 1. The molecule has 0 aliphatic carbocycles. The molecule has 0 radical (unpaired) electrons. The predicted molar refractivity (Wildman–Crippen MR) is 62.0 cm³/mol. The molecular weight excluding hydrogens is 248 g/mol. The number of halogens is 3. The summed E-state index contributed by atoms with van der Waals surface area (Å²) in [6, 6.07) is 0.332. The van der Waals surface area contributed by atoms with Crippen LogP contribution in [0.4, 0.5) is 8.78 Å². The van der Waals surface area contributed by atoms with Crippen LogP contribution in [0.15, 0.2) is 23.2 Å². The van der Waals surface area contributed by atoms with Crippen molar-refractivity contribution >= 4 is 17.7 Å². The quantitative estimate of drug-likeness (QED) is 0.458. The Morgan fingerprint density at radius 3 is 2.59 bits per heavy atom. The average Bonchev–Trinajstić information content (AvgIpc) is 2.20. The Kier molecular flexibility index (Phi) is 4.38. The lowest BCUT2D eigenvalue weighted by atomic mass is 10.0. The van der Waals surface area contributed by atoms with Crippen LogP contribution in [0.1, 0.15) is 25.0 Å². The Bertz CT molecular complexity index is 454. The number of benzene rings is 1. The molecule has 1 aromatic rings. The summed E-state index contributed by atoms with van der Waals surface area (Å²) in [6.07, 6.45) is 1.56. The molecule has 0 atom stereocenters. The first-order valence-corrected chi connectivity index (χ1v) is 5.50. The van der Waals surface area contributed by atoms with E-state index in [4.69, 9.17) is 11.6 Å². The molecule has 0 bridgehead atoms. The van der Waals surface area contributed by atoms with Gasteiger partial charge in [-0.15, -0.1) is 4.99 Å². The van der Waals surface area contributed by atoms with E-state index in [0.29, 0.717) is 12.3 Å². The van der Waals surface area contributed by atoms with Gasteiger partial charge in [-0.05, 0) is 24.0 Å². The third-order valence-corrected chi connectivity index (χ3v) is 2.57. The van der Waals surface area contributed by atoms with Crippen molar-refractivity contribution in [1.82, 2.24) is 0 Å². The van der Waals surface area contributed by atoms with Gasteiger partial charge in [0.05, 0.1) is 0 Å². The van der Waals surface area contributed by atoms with Gasteiger partial charge in [-0.2, -0.15) is 8.78 Å². The maximum absolute atomic E-state index is 13.2. The van der Waals surface area contributed by atoms with E-state index in [-0.39, 0.29) is 5.02 Å². The third kappa shape index (κ3) is 3.62. The zero-order chi connectivity index (χ0) is 13.1. The monoisotopic (exact) mass is 259 g/mol. The van der Waals surface area contributed by atoms with E-state index in [1.807, 2.05) is 13.8 Å².